The second-order valence-electron chi connectivity index (χ2n) is 8.17. The van der Waals surface area contributed by atoms with Crippen molar-refractivity contribution in [2.75, 3.05) is 18.4 Å². The molecule has 0 unspecified atom stereocenters. The summed E-state index contributed by atoms with van der Waals surface area (Å²) in [6, 6.07) is 10.00. The Bertz CT molecular complexity index is 1020. The number of nitrogens with one attached hydrogen (secondary N) is 3. The number of alkyl halides is 3. The molecular formula is C24H26F3N3O5. The van der Waals surface area contributed by atoms with Crippen molar-refractivity contribution in [3.63, 3.8) is 0 Å². The van der Waals surface area contributed by atoms with Crippen molar-refractivity contribution in [3.8, 4) is 5.75 Å². The number of aliphatic carboxylic acids is 1. The number of halogens is 3. The predicted molar refractivity (Wildman–Crippen MR) is 121 cm³/mol. The molecule has 8 nitrogen and oxygen atoms in total. The summed E-state index contributed by atoms with van der Waals surface area (Å²) in [4.78, 5) is 35.2. The molecule has 188 valence electrons. The Labute approximate surface area is 199 Å². The lowest BCUT2D eigenvalue weighted by Gasteiger charge is -2.26. The van der Waals surface area contributed by atoms with E-state index in [1.807, 2.05) is 0 Å². The lowest BCUT2D eigenvalue weighted by Crippen LogP contribution is -2.36. The Morgan fingerprint density at radius 2 is 1.49 bits per heavy atom. The van der Waals surface area contributed by atoms with Gasteiger partial charge in [-0.2, -0.15) is 13.2 Å². The summed E-state index contributed by atoms with van der Waals surface area (Å²) < 4.78 is 43.6. The van der Waals surface area contributed by atoms with Gasteiger partial charge in [-0.15, -0.1) is 0 Å². The van der Waals surface area contributed by atoms with Crippen LogP contribution in [0.5, 0.6) is 5.75 Å². The maximum Gasteiger partial charge on any atom is 0.416 e. The fourth-order valence-corrected chi connectivity index (χ4v) is 3.68. The molecule has 35 heavy (non-hydrogen) atoms. The van der Waals surface area contributed by atoms with E-state index in [0.29, 0.717) is 37.0 Å². The molecule has 1 fully saturated rings. The van der Waals surface area contributed by atoms with E-state index < -0.39 is 23.7 Å². The number of rotatable bonds is 8. The highest BCUT2D eigenvalue weighted by Gasteiger charge is 2.30. The molecular weight excluding hydrogens is 467 g/mol. The standard InChI is InChI=1S/C24H26F3N3O5/c25-24(26,27)17-5-7-18(8-6-17)30-23(34)29-14-13-28-21(31)15-1-9-19(10-2-15)35-20-11-3-16(4-12-20)22(32)33/h1-2,5-10,16,20H,3-4,11-14H2,(H,28,31)(H,32,33)(H2,29,30,34). The lowest BCUT2D eigenvalue weighted by molar-refractivity contribution is -0.143. The summed E-state index contributed by atoms with van der Waals surface area (Å²) in [5.41, 5.74) is -0.202. The first-order chi connectivity index (χ1) is 16.6. The Morgan fingerprint density at radius 1 is 0.886 bits per heavy atom. The van der Waals surface area contributed by atoms with Gasteiger partial charge in [-0.3, -0.25) is 9.59 Å². The Morgan fingerprint density at radius 3 is 2.06 bits per heavy atom. The zero-order valence-corrected chi connectivity index (χ0v) is 18.7. The molecule has 4 N–H and O–H groups in total. The van der Waals surface area contributed by atoms with Gasteiger partial charge in [0.05, 0.1) is 17.6 Å². The van der Waals surface area contributed by atoms with Gasteiger partial charge in [-0.1, -0.05) is 0 Å². The highest BCUT2D eigenvalue weighted by Crippen LogP contribution is 2.30. The van der Waals surface area contributed by atoms with Gasteiger partial charge in [-0.25, -0.2) is 4.79 Å². The van der Waals surface area contributed by atoms with E-state index in [4.69, 9.17) is 9.84 Å². The van der Waals surface area contributed by atoms with Crippen molar-refractivity contribution < 1.29 is 37.4 Å². The average Bonchev–Trinajstić information content (AvgIpc) is 2.82. The van der Waals surface area contributed by atoms with Crippen LogP contribution in [0.4, 0.5) is 23.7 Å². The molecule has 0 saturated heterocycles. The number of hydrogen-bond donors (Lipinski definition) is 4. The number of anilines is 1. The molecule has 0 aliphatic heterocycles. The maximum atomic E-state index is 12.6. The molecule has 0 radical (unpaired) electrons. The summed E-state index contributed by atoms with van der Waals surface area (Å²) >= 11 is 0. The highest BCUT2D eigenvalue weighted by molar-refractivity contribution is 5.94. The Kier molecular flexibility index (Phi) is 8.56. The van der Waals surface area contributed by atoms with Crippen molar-refractivity contribution in [1.82, 2.24) is 10.6 Å². The van der Waals surface area contributed by atoms with Crippen LogP contribution in [0.3, 0.4) is 0 Å². The highest BCUT2D eigenvalue weighted by atomic mass is 19.4. The van der Waals surface area contributed by atoms with E-state index in [0.717, 1.165) is 24.3 Å². The summed E-state index contributed by atoms with van der Waals surface area (Å²) in [7, 11) is 0. The summed E-state index contributed by atoms with van der Waals surface area (Å²) in [6.45, 7) is 0.253. The Balaban J connectivity index is 1.35. The topological polar surface area (TPSA) is 117 Å². The van der Waals surface area contributed by atoms with Crippen LogP contribution in [0.1, 0.15) is 41.6 Å². The normalized spacial score (nSPS) is 17.8. The molecule has 0 heterocycles. The fourth-order valence-electron chi connectivity index (χ4n) is 3.68. The first kappa shape index (κ1) is 25.9. The van der Waals surface area contributed by atoms with E-state index in [1.165, 1.54) is 0 Å². The number of urea groups is 1. The third kappa shape index (κ3) is 7.90. The van der Waals surface area contributed by atoms with Crippen molar-refractivity contribution in [2.24, 2.45) is 5.92 Å². The molecule has 3 amide bonds. The molecule has 11 heteroatoms. The molecule has 2 aromatic carbocycles. The maximum absolute atomic E-state index is 12.6. The van der Waals surface area contributed by atoms with Crippen LogP contribution in [-0.2, 0) is 11.0 Å². The van der Waals surface area contributed by atoms with E-state index in [9.17, 15) is 27.6 Å². The van der Waals surface area contributed by atoms with Crippen molar-refractivity contribution >= 4 is 23.6 Å². The van der Waals surface area contributed by atoms with Gasteiger partial charge in [0.2, 0.25) is 0 Å². The lowest BCUT2D eigenvalue weighted by atomic mass is 9.87. The number of benzene rings is 2. The quantitative estimate of drug-likeness (QED) is 0.410. The van der Waals surface area contributed by atoms with Gasteiger partial charge in [0.25, 0.3) is 5.91 Å². The minimum absolute atomic E-state index is 0.0509. The van der Waals surface area contributed by atoms with E-state index >= 15 is 0 Å². The molecule has 1 aliphatic carbocycles. The van der Waals surface area contributed by atoms with Gasteiger partial charge in [0.1, 0.15) is 5.75 Å². The second kappa shape index (κ2) is 11.6. The summed E-state index contributed by atoms with van der Waals surface area (Å²) in [5, 5.41) is 16.6. The SMILES string of the molecule is O=C(NCCNC(=O)c1ccc(OC2CCC(C(=O)O)CC2)cc1)Nc1ccc(C(F)(F)F)cc1. The minimum Gasteiger partial charge on any atom is -0.490 e. The molecule has 0 spiro atoms. The van der Waals surface area contributed by atoms with E-state index in [2.05, 4.69) is 16.0 Å². The number of carbonyl (C=O) groups is 3. The summed E-state index contributed by atoms with van der Waals surface area (Å²) in [6.07, 6.45) is -2.01. The first-order valence-corrected chi connectivity index (χ1v) is 11.1. The van der Waals surface area contributed by atoms with Crippen LogP contribution in [0.15, 0.2) is 48.5 Å². The Hall–Kier alpha value is -3.76. The molecule has 0 bridgehead atoms. The first-order valence-electron chi connectivity index (χ1n) is 11.1. The molecule has 1 saturated carbocycles. The number of carboxylic acids is 1. The van der Waals surface area contributed by atoms with Crippen LogP contribution in [0.2, 0.25) is 0 Å². The van der Waals surface area contributed by atoms with Crippen LogP contribution in [0, 0.1) is 5.92 Å². The molecule has 1 aliphatic rings. The van der Waals surface area contributed by atoms with Crippen molar-refractivity contribution in [3.05, 3.63) is 59.7 Å². The van der Waals surface area contributed by atoms with Gasteiger partial charge >= 0.3 is 18.2 Å². The van der Waals surface area contributed by atoms with Gasteiger partial charge in [0.15, 0.2) is 0 Å². The second-order valence-corrected chi connectivity index (χ2v) is 8.17. The average molecular weight is 493 g/mol. The third-order valence-corrected chi connectivity index (χ3v) is 5.61. The third-order valence-electron chi connectivity index (χ3n) is 5.61. The van der Waals surface area contributed by atoms with Crippen LogP contribution in [-0.4, -0.2) is 42.2 Å². The van der Waals surface area contributed by atoms with Crippen LogP contribution >= 0.6 is 0 Å². The van der Waals surface area contributed by atoms with Gasteiger partial charge in [-0.05, 0) is 74.2 Å². The van der Waals surface area contributed by atoms with E-state index in [-0.39, 0.29) is 36.7 Å². The molecule has 2 aromatic rings. The molecule has 0 atom stereocenters. The number of amides is 3. The molecule has 0 aromatic heterocycles. The van der Waals surface area contributed by atoms with Crippen molar-refractivity contribution in [2.45, 2.75) is 38.0 Å². The van der Waals surface area contributed by atoms with Crippen LogP contribution in [0.25, 0.3) is 0 Å². The van der Waals surface area contributed by atoms with Gasteiger partial charge in [0, 0.05) is 24.3 Å². The smallest absolute Gasteiger partial charge is 0.416 e. The monoisotopic (exact) mass is 493 g/mol. The zero-order valence-electron chi connectivity index (χ0n) is 18.7. The predicted octanol–water partition coefficient (Wildman–Crippen LogP) is 4.28. The van der Waals surface area contributed by atoms with Crippen LogP contribution < -0.4 is 20.7 Å². The zero-order chi connectivity index (χ0) is 25.4. The van der Waals surface area contributed by atoms with Crippen molar-refractivity contribution in [1.29, 1.82) is 0 Å². The number of carbonyl (C=O) groups excluding carboxylic acids is 2. The van der Waals surface area contributed by atoms with Gasteiger partial charge < -0.3 is 25.8 Å². The number of hydrogen-bond acceptors (Lipinski definition) is 4. The fraction of sp³-hybridized carbons (Fsp3) is 0.375. The number of carboxylic acid groups (broad SMARTS) is 1. The molecule has 3 rings (SSSR count). The van der Waals surface area contributed by atoms with E-state index in [1.54, 1.807) is 24.3 Å². The number of ether oxygens (including phenoxy) is 1. The minimum atomic E-state index is -4.45. The largest absolute Gasteiger partial charge is 0.490 e. The summed E-state index contributed by atoms with van der Waals surface area (Å²) in [5.74, 6) is -0.828.